The predicted molar refractivity (Wildman–Crippen MR) is 100 cm³/mol. The van der Waals surface area contributed by atoms with Crippen LogP contribution in [0.3, 0.4) is 0 Å². The van der Waals surface area contributed by atoms with Crippen LogP contribution in [-0.4, -0.2) is 44.8 Å². The van der Waals surface area contributed by atoms with Crippen molar-refractivity contribution in [2.24, 2.45) is 13.0 Å². The van der Waals surface area contributed by atoms with E-state index in [1.165, 1.54) is 11.1 Å². The van der Waals surface area contributed by atoms with Crippen molar-refractivity contribution in [3.8, 4) is 0 Å². The Morgan fingerprint density at radius 3 is 2.81 bits per heavy atom. The molecule has 27 heavy (non-hydrogen) atoms. The molecule has 2 aliphatic rings. The lowest BCUT2D eigenvalue weighted by molar-refractivity contribution is -0.146. The largest absolute Gasteiger partial charge is 0.481 e. The van der Waals surface area contributed by atoms with E-state index in [2.05, 4.69) is 17.2 Å². The van der Waals surface area contributed by atoms with Crippen LogP contribution in [-0.2, 0) is 23.1 Å². The number of piperidine rings is 1. The molecule has 6 heteroatoms. The lowest BCUT2D eigenvalue weighted by Crippen LogP contribution is -2.45. The number of amides is 1. The number of hydrogen-bond acceptors (Lipinski definition) is 3. The van der Waals surface area contributed by atoms with E-state index in [1.807, 2.05) is 25.4 Å². The minimum Gasteiger partial charge on any atom is -0.481 e. The quantitative estimate of drug-likeness (QED) is 0.901. The molecule has 0 bridgehead atoms. The van der Waals surface area contributed by atoms with E-state index in [1.54, 1.807) is 15.8 Å². The smallest absolute Gasteiger partial charge is 0.308 e. The number of hydrogen-bond donors (Lipinski definition) is 1. The van der Waals surface area contributed by atoms with Crippen LogP contribution < -0.4 is 0 Å². The van der Waals surface area contributed by atoms with Crippen LogP contribution in [0.4, 0.5) is 0 Å². The Kier molecular flexibility index (Phi) is 4.72. The van der Waals surface area contributed by atoms with Crippen LogP contribution in [0.15, 0.2) is 36.7 Å². The molecule has 1 fully saturated rings. The predicted octanol–water partition coefficient (Wildman–Crippen LogP) is 2.56. The first-order valence-electron chi connectivity index (χ1n) is 9.58. The maximum absolute atomic E-state index is 13.0. The molecule has 0 radical (unpaired) electrons. The first-order chi connectivity index (χ1) is 13.0. The molecule has 1 aromatic carbocycles. The van der Waals surface area contributed by atoms with Crippen molar-refractivity contribution < 1.29 is 14.7 Å². The molecule has 2 aromatic rings. The summed E-state index contributed by atoms with van der Waals surface area (Å²) >= 11 is 0. The molecule has 0 saturated carbocycles. The molecule has 1 N–H and O–H groups in total. The van der Waals surface area contributed by atoms with Crippen LogP contribution in [0.5, 0.6) is 0 Å². The van der Waals surface area contributed by atoms with Gasteiger partial charge in [-0.15, -0.1) is 0 Å². The second-order valence-electron chi connectivity index (χ2n) is 7.85. The van der Waals surface area contributed by atoms with Gasteiger partial charge in [-0.05, 0) is 41.9 Å². The zero-order chi connectivity index (χ0) is 19.0. The highest BCUT2D eigenvalue weighted by molar-refractivity contribution is 5.79. The highest BCUT2D eigenvalue weighted by Crippen LogP contribution is 2.37. The number of carbonyl (C=O) groups excluding carboxylic acids is 1. The Hall–Kier alpha value is -2.63. The Morgan fingerprint density at radius 2 is 2.07 bits per heavy atom. The molecule has 6 nitrogen and oxygen atoms in total. The number of carboxylic acid groups (broad SMARTS) is 1. The number of aryl methyl sites for hydroxylation is 2. The van der Waals surface area contributed by atoms with Gasteiger partial charge in [-0.3, -0.25) is 14.3 Å². The molecule has 3 atom stereocenters. The maximum atomic E-state index is 13.0. The second kappa shape index (κ2) is 7.18. The van der Waals surface area contributed by atoms with Gasteiger partial charge in [0.15, 0.2) is 0 Å². The van der Waals surface area contributed by atoms with Gasteiger partial charge in [0.2, 0.25) is 5.91 Å². The summed E-state index contributed by atoms with van der Waals surface area (Å²) in [6.45, 7) is 0.877. The summed E-state index contributed by atoms with van der Waals surface area (Å²) in [6.07, 6.45) is 6.73. The fourth-order valence-corrected chi connectivity index (χ4v) is 4.57. The molecule has 1 aliphatic carbocycles. The number of benzene rings is 1. The minimum absolute atomic E-state index is 0.0216. The number of rotatable bonds is 4. The van der Waals surface area contributed by atoms with E-state index < -0.39 is 11.9 Å². The first-order valence-corrected chi connectivity index (χ1v) is 9.58. The summed E-state index contributed by atoms with van der Waals surface area (Å²) in [4.78, 5) is 26.4. The van der Waals surface area contributed by atoms with Gasteiger partial charge in [0.25, 0.3) is 0 Å². The molecule has 1 amide bonds. The van der Waals surface area contributed by atoms with Crippen molar-refractivity contribution in [2.75, 3.05) is 13.1 Å². The normalized spacial score (nSPS) is 24.6. The van der Waals surface area contributed by atoms with Crippen molar-refractivity contribution in [2.45, 2.75) is 37.5 Å². The van der Waals surface area contributed by atoms with Gasteiger partial charge in [0.1, 0.15) is 0 Å². The monoisotopic (exact) mass is 367 g/mol. The fourth-order valence-electron chi connectivity index (χ4n) is 4.57. The highest BCUT2D eigenvalue weighted by atomic mass is 16.4. The van der Waals surface area contributed by atoms with Crippen molar-refractivity contribution in [3.05, 3.63) is 53.3 Å². The SMILES string of the molecule is Cn1cc(C2CC(C(=O)O)CN(C(=O)CC3CCc4ccccc43)C2)cn1. The van der Waals surface area contributed by atoms with Gasteiger partial charge >= 0.3 is 5.97 Å². The molecule has 2 heterocycles. The molecule has 1 saturated heterocycles. The minimum atomic E-state index is -0.826. The fraction of sp³-hybridized carbons (Fsp3) is 0.476. The lowest BCUT2D eigenvalue weighted by Gasteiger charge is -2.36. The molecule has 142 valence electrons. The molecule has 1 aliphatic heterocycles. The summed E-state index contributed by atoms with van der Waals surface area (Å²) < 4.78 is 1.72. The highest BCUT2D eigenvalue weighted by Gasteiger charge is 2.36. The van der Waals surface area contributed by atoms with Crippen LogP contribution in [0.25, 0.3) is 0 Å². The van der Waals surface area contributed by atoms with E-state index in [0.717, 1.165) is 18.4 Å². The maximum Gasteiger partial charge on any atom is 0.308 e. The van der Waals surface area contributed by atoms with Crippen LogP contribution in [0.1, 0.15) is 47.8 Å². The average molecular weight is 367 g/mol. The number of fused-ring (bicyclic) bond motifs is 1. The molecule has 4 rings (SSSR count). The Labute approximate surface area is 158 Å². The zero-order valence-electron chi connectivity index (χ0n) is 15.5. The standard InChI is InChI=1S/C21H25N3O3/c1-23-11-18(10-22-23)16-8-17(21(26)27)13-24(12-16)20(25)9-15-7-6-14-4-2-3-5-19(14)15/h2-5,10-11,15-17H,6-9,12-13H2,1H3,(H,26,27). The third-order valence-electron chi connectivity index (χ3n) is 6.03. The third-order valence-corrected chi connectivity index (χ3v) is 6.03. The summed E-state index contributed by atoms with van der Waals surface area (Å²) in [5.41, 5.74) is 3.62. The average Bonchev–Trinajstić information content (AvgIpc) is 3.28. The third kappa shape index (κ3) is 3.61. The van der Waals surface area contributed by atoms with Gasteiger partial charge in [-0.2, -0.15) is 5.10 Å². The van der Waals surface area contributed by atoms with Crippen LogP contribution >= 0.6 is 0 Å². The number of nitrogens with zero attached hydrogens (tertiary/aromatic N) is 3. The van der Waals surface area contributed by atoms with Gasteiger partial charge in [0.05, 0.1) is 12.1 Å². The molecule has 0 spiro atoms. The second-order valence-corrected chi connectivity index (χ2v) is 7.85. The van der Waals surface area contributed by atoms with Gasteiger partial charge in [-0.25, -0.2) is 0 Å². The number of carbonyl (C=O) groups is 2. The molecular formula is C21H25N3O3. The molecule has 3 unspecified atom stereocenters. The van der Waals surface area contributed by atoms with Gasteiger partial charge in [-0.1, -0.05) is 24.3 Å². The molecular weight excluding hydrogens is 342 g/mol. The first kappa shape index (κ1) is 17.8. The summed E-state index contributed by atoms with van der Waals surface area (Å²) in [6, 6.07) is 8.33. The molecule has 1 aromatic heterocycles. The lowest BCUT2D eigenvalue weighted by atomic mass is 9.85. The summed E-state index contributed by atoms with van der Waals surface area (Å²) in [7, 11) is 1.85. The zero-order valence-corrected chi connectivity index (χ0v) is 15.5. The van der Waals surface area contributed by atoms with E-state index in [0.29, 0.717) is 25.9 Å². The van der Waals surface area contributed by atoms with Crippen LogP contribution in [0.2, 0.25) is 0 Å². The van der Waals surface area contributed by atoms with Crippen molar-refractivity contribution in [3.63, 3.8) is 0 Å². The summed E-state index contributed by atoms with van der Waals surface area (Å²) in [5.74, 6) is -1.02. The topological polar surface area (TPSA) is 75.4 Å². The Balaban J connectivity index is 1.49. The van der Waals surface area contributed by atoms with E-state index in [4.69, 9.17) is 0 Å². The van der Waals surface area contributed by atoms with E-state index in [9.17, 15) is 14.7 Å². The van der Waals surface area contributed by atoms with E-state index in [-0.39, 0.29) is 17.7 Å². The number of likely N-dealkylation sites (tertiary alicyclic amines) is 1. The van der Waals surface area contributed by atoms with Crippen molar-refractivity contribution in [1.82, 2.24) is 14.7 Å². The Bertz CT molecular complexity index is 860. The summed E-state index contributed by atoms with van der Waals surface area (Å²) in [5, 5.41) is 13.8. The number of aromatic nitrogens is 2. The Morgan fingerprint density at radius 1 is 1.26 bits per heavy atom. The van der Waals surface area contributed by atoms with Gasteiger partial charge in [0, 0.05) is 38.7 Å². The van der Waals surface area contributed by atoms with Crippen molar-refractivity contribution >= 4 is 11.9 Å². The van der Waals surface area contributed by atoms with E-state index >= 15 is 0 Å². The number of aliphatic carboxylic acids is 1. The van der Waals surface area contributed by atoms with Gasteiger partial charge < -0.3 is 10.0 Å². The van der Waals surface area contributed by atoms with Crippen LogP contribution in [0, 0.1) is 5.92 Å². The number of carboxylic acids is 1. The van der Waals surface area contributed by atoms with Crippen molar-refractivity contribution in [1.29, 1.82) is 0 Å².